The molecular weight excluding hydrogens is 350 g/mol. The lowest BCUT2D eigenvalue weighted by Crippen LogP contribution is -2.30. The van der Waals surface area contributed by atoms with Crippen molar-refractivity contribution in [3.05, 3.63) is 33.8 Å². The van der Waals surface area contributed by atoms with E-state index in [0.29, 0.717) is 30.1 Å². The Balaban J connectivity index is 1.69. The van der Waals surface area contributed by atoms with E-state index in [1.807, 2.05) is 0 Å². The molecule has 0 aromatic heterocycles. The number of hydrogen-bond acceptors (Lipinski definition) is 1. The number of aryl methyl sites for hydroxylation is 1. The fraction of sp³-hybridized carbons (Fsp3) is 0.650. The van der Waals surface area contributed by atoms with E-state index in [4.69, 9.17) is 0 Å². The van der Waals surface area contributed by atoms with Gasteiger partial charge in [0.1, 0.15) is 0 Å². The van der Waals surface area contributed by atoms with E-state index in [0.717, 1.165) is 30.4 Å². The van der Waals surface area contributed by atoms with Crippen LogP contribution in [0.3, 0.4) is 0 Å². The van der Waals surface area contributed by atoms with Crippen molar-refractivity contribution >= 4 is 21.8 Å². The Hall–Kier alpha value is -0.830. The summed E-state index contributed by atoms with van der Waals surface area (Å²) in [5.41, 5.74) is 2.86. The van der Waals surface area contributed by atoms with Crippen molar-refractivity contribution in [2.45, 2.75) is 58.3 Å². The van der Waals surface area contributed by atoms with Crippen LogP contribution in [0.25, 0.3) is 0 Å². The van der Waals surface area contributed by atoms with E-state index in [1.165, 1.54) is 30.4 Å². The minimum atomic E-state index is 0.369. The maximum Gasteiger partial charge on any atom is 0.223 e. The van der Waals surface area contributed by atoms with Crippen LogP contribution in [0.5, 0.6) is 0 Å². The summed E-state index contributed by atoms with van der Waals surface area (Å²) >= 11 is 3.59. The fourth-order valence-corrected chi connectivity index (χ4v) is 4.57. The van der Waals surface area contributed by atoms with Gasteiger partial charge in [0.2, 0.25) is 5.91 Å². The number of halogens is 1. The van der Waals surface area contributed by atoms with Crippen molar-refractivity contribution in [1.29, 1.82) is 0 Å². The Kier molecular flexibility index (Phi) is 5.45. The van der Waals surface area contributed by atoms with Crippen molar-refractivity contribution in [3.8, 4) is 0 Å². The van der Waals surface area contributed by atoms with Gasteiger partial charge in [-0.2, -0.15) is 0 Å². The first-order valence-corrected chi connectivity index (χ1v) is 9.90. The molecule has 2 unspecified atom stereocenters. The van der Waals surface area contributed by atoms with Crippen LogP contribution < -0.4 is 0 Å². The summed E-state index contributed by atoms with van der Waals surface area (Å²) in [5.74, 6) is 2.15. The van der Waals surface area contributed by atoms with Gasteiger partial charge in [0.05, 0.1) is 0 Å². The summed E-state index contributed by atoms with van der Waals surface area (Å²) in [5, 5.41) is 0. The predicted octanol–water partition coefficient (Wildman–Crippen LogP) is 5.15. The summed E-state index contributed by atoms with van der Waals surface area (Å²) < 4.78 is 1.16. The number of amides is 1. The molecule has 2 nitrogen and oxygen atoms in total. The van der Waals surface area contributed by atoms with Crippen LogP contribution in [0.1, 0.15) is 63.0 Å². The molecule has 1 aliphatic heterocycles. The Morgan fingerprint density at radius 3 is 2.87 bits per heavy atom. The topological polar surface area (TPSA) is 20.3 Å². The zero-order chi connectivity index (χ0) is 16.4. The van der Waals surface area contributed by atoms with Gasteiger partial charge in [-0.15, -0.1) is 0 Å². The van der Waals surface area contributed by atoms with Gasteiger partial charge >= 0.3 is 0 Å². The largest absolute Gasteiger partial charge is 0.342 e. The number of likely N-dealkylation sites (tertiary alicyclic amines) is 1. The number of fused-ring (bicyclic) bond motifs is 1. The predicted molar refractivity (Wildman–Crippen MR) is 98.6 cm³/mol. The molecule has 1 aromatic carbocycles. The van der Waals surface area contributed by atoms with Crippen molar-refractivity contribution in [3.63, 3.8) is 0 Å². The minimum Gasteiger partial charge on any atom is -0.342 e. The van der Waals surface area contributed by atoms with Crippen molar-refractivity contribution in [2.24, 2.45) is 11.8 Å². The third kappa shape index (κ3) is 3.99. The van der Waals surface area contributed by atoms with Gasteiger partial charge in [0.25, 0.3) is 0 Å². The summed E-state index contributed by atoms with van der Waals surface area (Å²) in [6.45, 7) is 6.48. The summed E-state index contributed by atoms with van der Waals surface area (Å²) in [6.07, 6.45) is 6.66. The molecule has 1 aliphatic carbocycles. The monoisotopic (exact) mass is 377 g/mol. The van der Waals surface area contributed by atoms with Crippen LogP contribution in [0.15, 0.2) is 22.7 Å². The van der Waals surface area contributed by atoms with E-state index >= 15 is 0 Å². The molecule has 0 spiro atoms. The summed E-state index contributed by atoms with van der Waals surface area (Å²) in [7, 11) is 0. The molecule has 1 aromatic rings. The Labute approximate surface area is 148 Å². The molecule has 1 fully saturated rings. The molecule has 1 heterocycles. The number of hydrogen-bond donors (Lipinski definition) is 0. The van der Waals surface area contributed by atoms with Gasteiger partial charge in [0, 0.05) is 24.0 Å². The Morgan fingerprint density at radius 2 is 2.13 bits per heavy atom. The molecule has 1 amide bonds. The molecule has 3 heteroatoms. The normalized spacial score (nSPS) is 24.6. The van der Waals surface area contributed by atoms with E-state index in [1.54, 1.807) is 0 Å². The smallest absolute Gasteiger partial charge is 0.223 e. The van der Waals surface area contributed by atoms with E-state index in [-0.39, 0.29) is 0 Å². The average molecular weight is 378 g/mol. The molecule has 2 atom stereocenters. The standard InChI is InChI=1S/C20H28BrNO/c1-14(2)17-9-10-22(13-17)20(23)12-16-6-4-3-5-15-11-18(21)7-8-19(15)16/h7-8,11,14,16-17H,3-6,9-10,12-13H2,1-2H3. The number of carbonyl (C=O) groups is 1. The summed E-state index contributed by atoms with van der Waals surface area (Å²) in [6, 6.07) is 6.62. The molecule has 126 valence electrons. The van der Waals surface area contributed by atoms with Gasteiger partial charge in [-0.3, -0.25) is 4.79 Å². The number of carbonyl (C=O) groups excluding carboxylic acids is 1. The van der Waals surface area contributed by atoms with E-state index in [2.05, 4.69) is 52.9 Å². The molecular formula is C20H28BrNO. The van der Waals surface area contributed by atoms with E-state index in [9.17, 15) is 4.79 Å². The SMILES string of the molecule is CC(C)C1CCN(C(=O)CC2CCCCc3cc(Br)ccc32)C1. The maximum atomic E-state index is 12.8. The van der Waals surface area contributed by atoms with Crippen LogP contribution >= 0.6 is 15.9 Å². The quantitative estimate of drug-likeness (QED) is 0.666. The molecule has 23 heavy (non-hydrogen) atoms. The van der Waals surface area contributed by atoms with Crippen molar-refractivity contribution in [2.75, 3.05) is 13.1 Å². The van der Waals surface area contributed by atoms with Gasteiger partial charge in [-0.25, -0.2) is 0 Å². The van der Waals surface area contributed by atoms with Crippen LogP contribution in [0.4, 0.5) is 0 Å². The lowest BCUT2D eigenvalue weighted by atomic mass is 9.89. The average Bonchev–Trinajstić information content (AvgIpc) is 2.93. The molecule has 0 N–H and O–H groups in total. The van der Waals surface area contributed by atoms with Gasteiger partial charge < -0.3 is 4.90 Å². The first-order chi connectivity index (χ1) is 11.0. The molecule has 2 aliphatic rings. The molecule has 0 saturated carbocycles. The first-order valence-electron chi connectivity index (χ1n) is 9.10. The third-order valence-corrected chi connectivity index (χ3v) is 6.23. The second-order valence-corrected chi connectivity index (χ2v) is 8.54. The van der Waals surface area contributed by atoms with E-state index < -0.39 is 0 Å². The highest BCUT2D eigenvalue weighted by Gasteiger charge is 2.30. The number of benzene rings is 1. The van der Waals surface area contributed by atoms with Crippen LogP contribution in [0, 0.1) is 11.8 Å². The van der Waals surface area contributed by atoms with Crippen molar-refractivity contribution < 1.29 is 4.79 Å². The summed E-state index contributed by atoms with van der Waals surface area (Å²) in [4.78, 5) is 14.9. The second kappa shape index (κ2) is 7.38. The fourth-order valence-electron chi connectivity index (χ4n) is 4.16. The van der Waals surface area contributed by atoms with Gasteiger partial charge in [-0.05, 0) is 66.7 Å². The first kappa shape index (κ1) is 17.0. The van der Waals surface area contributed by atoms with Crippen molar-refractivity contribution in [1.82, 2.24) is 4.90 Å². The second-order valence-electron chi connectivity index (χ2n) is 7.62. The Morgan fingerprint density at radius 1 is 1.30 bits per heavy atom. The highest BCUT2D eigenvalue weighted by Crippen LogP contribution is 2.35. The third-order valence-electron chi connectivity index (χ3n) is 5.73. The molecule has 0 bridgehead atoms. The lowest BCUT2D eigenvalue weighted by molar-refractivity contribution is -0.130. The Bertz CT molecular complexity index is 569. The highest BCUT2D eigenvalue weighted by atomic mass is 79.9. The minimum absolute atomic E-state index is 0.369. The lowest BCUT2D eigenvalue weighted by Gasteiger charge is -2.22. The van der Waals surface area contributed by atoms with Gasteiger partial charge in [0.15, 0.2) is 0 Å². The maximum absolute atomic E-state index is 12.8. The van der Waals surface area contributed by atoms with Crippen LogP contribution in [-0.2, 0) is 11.2 Å². The van der Waals surface area contributed by atoms with Gasteiger partial charge in [-0.1, -0.05) is 42.3 Å². The van der Waals surface area contributed by atoms with Crippen LogP contribution in [-0.4, -0.2) is 23.9 Å². The molecule has 3 rings (SSSR count). The zero-order valence-corrected chi connectivity index (χ0v) is 15.9. The zero-order valence-electron chi connectivity index (χ0n) is 14.4. The molecule has 0 radical (unpaired) electrons. The van der Waals surface area contributed by atoms with Crippen LogP contribution in [0.2, 0.25) is 0 Å². The molecule has 1 saturated heterocycles. The highest BCUT2D eigenvalue weighted by molar-refractivity contribution is 9.10. The number of rotatable bonds is 3. The number of nitrogens with zero attached hydrogens (tertiary/aromatic N) is 1.